The summed E-state index contributed by atoms with van der Waals surface area (Å²) in [7, 11) is -3.86. The zero-order valence-corrected chi connectivity index (χ0v) is 13.8. The largest absolute Gasteiger partial charge is 0.438 e. The topological polar surface area (TPSA) is 98.2 Å². The highest BCUT2D eigenvalue weighted by molar-refractivity contribution is 7.92. The van der Waals surface area contributed by atoms with Crippen LogP contribution in [0.1, 0.15) is 24.7 Å². The van der Waals surface area contributed by atoms with Gasteiger partial charge in [-0.15, -0.1) is 10.2 Å². The minimum absolute atomic E-state index is 0.171. The van der Waals surface area contributed by atoms with E-state index < -0.39 is 10.0 Å². The molecule has 2 heterocycles. The molecule has 0 bridgehead atoms. The monoisotopic (exact) mass is 365 g/mol. The van der Waals surface area contributed by atoms with E-state index in [1.807, 2.05) is 0 Å². The molecule has 0 unspecified atom stereocenters. The van der Waals surface area contributed by atoms with Crippen LogP contribution in [0, 0.1) is 0 Å². The Balaban J connectivity index is 1.57. The SMILES string of the molecule is O=S(=O)(Nc1ccc(Cl)cc1)c1ccc(-c2nnc(C3CC3)o2)o1. The fourth-order valence-electron chi connectivity index (χ4n) is 2.13. The standard InChI is InChI=1S/C15H12ClN3O4S/c16-10-3-5-11(6-4-10)19-24(20,21)13-8-7-12(22-13)15-18-17-14(23-15)9-1-2-9/h3-9,19H,1-2H2. The first-order valence-corrected chi connectivity index (χ1v) is 9.09. The number of benzene rings is 1. The normalized spacial score (nSPS) is 14.7. The molecule has 1 saturated carbocycles. The lowest BCUT2D eigenvalue weighted by atomic mass is 10.3. The molecule has 0 radical (unpaired) electrons. The second-order valence-electron chi connectivity index (χ2n) is 5.45. The maximum atomic E-state index is 12.4. The number of hydrogen-bond acceptors (Lipinski definition) is 6. The van der Waals surface area contributed by atoms with E-state index in [-0.39, 0.29) is 16.7 Å². The van der Waals surface area contributed by atoms with Gasteiger partial charge in [0, 0.05) is 16.6 Å². The molecule has 0 amide bonds. The van der Waals surface area contributed by atoms with E-state index >= 15 is 0 Å². The van der Waals surface area contributed by atoms with Crippen LogP contribution >= 0.6 is 11.6 Å². The van der Waals surface area contributed by atoms with Gasteiger partial charge in [-0.05, 0) is 49.2 Å². The summed E-state index contributed by atoms with van der Waals surface area (Å²) in [4.78, 5) is 0. The number of nitrogens with one attached hydrogen (secondary N) is 1. The third-order valence-electron chi connectivity index (χ3n) is 3.52. The molecular weight excluding hydrogens is 354 g/mol. The van der Waals surface area contributed by atoms with E-state index in [1.165, 1.54) is 12.1 Å². The summed E-state index contributed by atoms with van der Waals surface area (Å²) in [5, 5.41) is 8.12. The van der Waals surface area contributed by atoms with E-state index in [9.17, 15) is 8.42 Å². The number of halogens is 1. The quantitative estimate of drug-likeness (QED) is 0.740. The molecule has 2 aromatic heterocycles. The molecule has 0 saturated heterocycles. The van der Waals surface area contributed by atoms with Gasteiger partial charge < -0.3 is 8.83 Å². The lowest BCUT2D eigenvalue weighted by Crippen LogP contribution is -2.11. The van der Waals surface area contributed by atoms with Crippen molar-refractivity contribution in [3.63, 3.8) is 0 Å². The van der Waals surface area contributed by atoms with Crippen LogP contribution in [0.3, 0.4) is 0 Å². The number of rotatable bonds is 5. The lowest BCUT2D eigenvalue weighted by molar-refractivity contribution is 0.435. The summed E-state index contributed by atoms with van der Waals surface area (Å²) < 4.78 is 38.0. The molecule has 1 fully saturated rings. The smallest absolute Gasteiger partial charge is 0.295 e. The number of hydrogen-bond donors (Lipinski definition) is 1. The van der Waals surface area contributed by atoms with Crippen molar-refractivity contribution < 1.29 is 17.3 Å². The highest BCUT2D eigenvalue weighted by atomic mass is 35.5. The second-order valence-corrected chi connectivity index (χ2v) is 7.50. The van der Waals surface area contributed by atoms with E-state index in [4.69, 9.17) is 20.4 Å². The van der Waals surface area contributed by atoms with Gasteiger partial charge in [0.1, 0.15) is 0 Å². The molecule has 1 aliphatic carbocycles. The van der Waals surface area contributed by atoms with Crippen molar-refractivity contribution in [2.45, 2.75) is 23.9 Å². The molecule has 1 aromatic carbocycles. The van der Waals surface area contributed by atoms with Gasteiger partial charge in [0.15, 0.2) is 5.76 Å². The van der Waals surface area contributed by atoms with Crippen LogP contribution in [-0.2, 0) is 10.0 Å². The number of anilines is 1. The van der Waals surface area contributed by atoms with Crippen LogP contribution < -0.4 is 4.72 Å². The highest BCUT2D eigenvalue weighted by Gasteiger charge is 2.30. The molecule has 4 rings (SSSR count). The van der Waals surface area contributed by atoms with Gasteiger partial charge >= 0.3 is 0 Å². The predicted octanol–water partition coefficient (Wildman–Crippen LogP) is 3.66. The van der Waals surface area contributed by atoms with E-state index in [0.29, 0.717) is 22.5 Å². The average Bonchev–Trinajstić information content (AvgIpc) is 3.09. The minimum atomic E-state index is -3.86. The third-order valence-corrected chi connectivity index (χ3v) is 5.03. The van der Waals surface area contributed by atoms with E-state index in [2.05, 4.69) is 14.9 Å². The molecule has 0 aliphatic heterocycles. The zero-order valence-electron chi connectivity index (χ0n) is 12.3. The van der Waals surface area contributed by atoms with Crippen molar-refractivity contribution in [1.29, 1.82) is 0 Å². The van der Waals surface area contributed by atoms with Crippen molar-refractivity contribution in [3.05, 3.63) is 47.3 Å². The Morgan fingerprint density at radius 3 is 2.50 bits per heavy atom. The summed E-state index contributed by atoms with van der Waals surface area (Å²) in [6.45, 7) is 0. The minimum Gasteiger partial charge on any atom is -0.438 e. The first-order valence-electron chi connectivity index (χ1n) is 7.23. The Hall–Kier alpha value is -2.32. The average molecular weight is 366 g/mol. The van der Waals surface area contributed by atoms with Crippen LogP contribution in [-0.4, -0.2) is 18.6 Å². The molecule has 0 atom stereocenters. The molecule has 9 heteroatoms. The van der Waals surface area contributed by atoms with Crippen LogP contribution in [0.5, 0.6) is 0 Å². The number of sulfonamides is 1. The first kappa shape index (κ1) is 15.2. The molecular formula is C15H12ClN3O4S. The molecule has 3 aromatic rings. The Morgan fingerprint density at radius 2 is 1.79 bits per heavy atom. The zero-order chi connectivity index (χ0) is 16.7. The van der Waals surface area contributed by atoms with Crippen molar-refractivity contribution in [1.82, 2.24) is 10.2 Å². The Kier molecular flexibility index (Phi) is 3.58. The summed E-state index contributed by atoms with van der Waals surface area (Å²) in [5.74, 6) is 1.26. The fourth-order valence-corrected chi connectivity index (χ4v) is 3.25. The highest BCUT2D eigenvalue weighted by Crippen LogP contribution is 2.40. The van der Waals surface area contributed by atoms with E-state index in [0.717, 1.165) is 12.8 Å². The van der Waals surface area contributed by atoms with Crippen LogP contribution in [0.4, 0.5) is 5.69 Å². The van der Waals surface area contributed by atoms with Crippen molar-refractivity contribution >= 4 is 27.3 Å². The summed E-state index contributed by atoms with van der Waals surface area (Å²) in [6, 6.07) is 9.12. The van der Waals surface area contributed by atoms with Crippen LogP contribution in [0.15, 0.2) is 50.3 Å². The van der Waals surface area contributed by atoms with Crippen LogP contribution in [0.2, 0.25) is 5.02 Å². The van der Waals surface area contributed by atoms with Crippen LogP contribution in [0.25, 0.3) is 11.7 Å². The van der Waals surface area contributed by atoms with E-state index in [1.54, 1.807) is 24.3 Å². The van der Waals surface area contributed by atoms with Gasteiger partial charge in [-0.1, -0.05) is 11.6 Å². The summed E-state index contributed by atoms with van der Waals surface area (Å²) in [6.07, 6.45) is 2.06. The number of aromatic nitrogens is 2. The first-order chi connectivity index (χ1) is 11.5. The van der Waals surface area contributed by atoms with Gasteiger partial charge in [0.25, 0.3) is 15.9 Å². The molecule has 124 valence electrons. The molecule has 7 nitrogen and oxygen atoms in total. The molecule has 1 N–H and O–H groups in total. The predicted molar refractivity (Wildman–Crippen MR) is 86.2 cm³/mol. The Morgan fingerprint density at radius 1 is 1.04 bits per heavy atom. The van der Waals surface area contributed by atoms with Gasteiger partial charge in [-0.3, -0.25) is 4.72 Å². The Labute approximate surface area is 142 Å². The van der Waals surface area contributed by atoms with Gasteiger partial charge in [-0.25, -0.2) is 0 Å². The maximum absolute atomic E-state index is 12.4. The summed E-state index contributed by atoms with van der Waals surface area (Å²) >= 11 is 5.78. The van der Waals surface area contributed by atoms with Gasteiger partial charge in [-0.2, -0.15) is 8.42 Å². The number of nitrogens with zero attached hydrogens (tertiary/aromatic N) is 2. The van der Waals surface area contributed by atoms with Gasteiger partial charge in [0.05, 0.1) is 0 Å². The van der Waals surface area contributed by atoms with Gasteiger partial charge in [0.2, 0.25) is 11.0 Å². The third kappa shape index (κ3) is 3.02. The van der Waals surface area contributed by atoms with Crippen molar-refractivity contribution in [2.24, 2.45) is 0 Å². The molecule has 24 heavy (non-hydrogen) atoms. The van der Waals surface area contributed by atoms with Crippen molar-refractivity contribution in [2.75, 3.05) is 4.72 Å². The lowest BCUT2D eigenvalue weighted by Gasteiger charge is -2.05. The molecule has 1 aliphatic rings. The van der Waals surface area contributed by atoms with Crippen molar-refractivity contribution in [3.8, 4) is 11.7 Å². The number of furan rings is 1. The maximum Gasteiger partial charge on any atom is 0.295 e. The summed E-state index contributed by atoms with van der Waals surface area (Å²) in [5.41, 5.74) is 0.381. The Bertz CT molecular complexity index is 974. The fraction of sp³-hybridized carbons (Fsp3) is 0.200. The molecule has 0 spiro atoms. The second kappa shape index (κ2) is 5.64.